The second-order valence-electron chi connectivity index (χ2n) is 5.33. The van der Waals surface area contributed by atoms with Crippen molar-refractivity contribution < 1.29 is 4.39 Å². The average Bonchev–Trinajstić information content (AvgIpc) is 2.28. The van der Waals surface area contributed by atoms with E-state index in [9.17, 15) is 4.39 Å². The van der Waals surface area contributed by atoms with Gasteiger partial charge >= 0.3 is 0 Å². The van der Waals surface area contributed by atoms with Gasteiger partial charge in [0.2, 0.25) is 0 Å². The normalized spacial score (nSPS) is 17.3. The lowest BCUT2D eigenvalue weighted by molar-refractivity contribution is 0.318. The summed E-state index contributed by atoms with van der Waals surface area (Å²) in [5.41, 5.74) is 7.97. The van der Waals surface area contributed by atoms with Crippen LogP contribution in [-0.2, 0) is 0 Å². The molecular formula is C15H23FN2. The van der Waals surface area contributed by atoms with Crippen LogP contribution in [0.5, 0.6) is 0 Å². The number of nitrogens with zero attached hydrogens (tertiary/aromatic N) is 1. The molecule has 2 N–H and O–H groups in total. The Hall–Kier alpha value is -1.09. The standard InChI is InChI=1S/C15H23FN2/c1-3-18(10-12-5-4-6-12)15-8-7-13(16)9-14(15)11(2)17/h7-9,11-12H,3-6,10,17H2,1-2H3. The lowest BCUT2D eigenvalue weighted by Crippen LogP contribution is -2.33. The van der Waals surface area contributed by atoms with Gasteiger partial charge in [-0.2, -0.15) is 0 Å². The van der Waals surface area contributed by atoms with Crippen molar-refractivity contribution in [1.29, 1.82) is 0 Å². The van der Waals surface area contributed by atoms with E-state index in [-0.39, 0.29) is 11.9 Å². The smallest absolute Gasteiger partial charge is 0.123 e. The highest BCUT2D eigenvalue weighted by Gasteiger charge is 2.22. The molecule has 0 aromatic heterocycles. The van der Waals surface area contributed by atoms with Gasteiger partial charge in [-0.3, -0.25) is 0 Å². The zero-order valence-corrected chi connectivity index (χ0v) is 11.3. The highest BCUT2D eigenvalue weighted by atomic mass is 19.1. The number of benzene rings is 1. The maximum Gasteiger partial charge on any atom is 0.123 e. The predicted octanol–water partition coefficient (Wildman–Crippen LogP) is 3.47. The van der Waals surface area contributed by atoms with Crippen molar-refractivity contribution in [2.75, 3.05) is 18.0 Å². The Labute approximate surface area is 109 Å². The summed E-state index contributed by atoms with van der Waals surface area (Å²) in [6.45, 7) is 6.08. The van der Waals surface area contributed by atoms with E-state index in [2.05, 4.69) is 11.8 Å². The largest absolute Gasteiger partial charge is 0.371 e. The van der Waals surface area contributed by atoms with E-state index in [0.717, 1.165) is 30.3 Å². The van der Waals surface area contributed by atoms with E-state index in [1.165, 1.54) is 25.3 Å². The van der Waals surface area contributed by atoms with Gasteiger partial charge in [-0.1, -0.05) is 6.42 Å². The summed E-state index contributed by atoms with van der Waals surface area (Å²) in [4.78, 5) is 2.34. The van der Waals surface area contributed by atoms with Crippen molar-refractivity contribution >= 4 is 5.69 Å². The monoisotopic (exact) mass is 250 g/mol. The van der Waals surface area contributed by atoms with Gasteiger partial charge < -0.3 is 10.6 Å². The summed E-state index contributed by atoms with van der Waals surface area (Å²) >= 11 is 0. The first-order valence-corrected chi connectivity index (χ1v) is 6.91. The second-order valence-corrected chi connectivity index (χ2v) is 5.33. The zero-order chi connectivity index (χ0) is 13.1. The maximum atomic E-state index is 13.3. The first-order chi connectivity index (χ1) is 8.61. The lowest BCUT2D eigenvalue weighted by atomic mass is 9.85. The number of halogens is 1. The van der Waals surface area contributed by atoms with Gasteiger partial charge in [0, 0.05) is 24.8 Å². The van der Waals surface area contributed by atoms with Crippen LogP contribution in [0.2, 0.25) is 0 Å². The van der Waals surface area contributed by atoms with Crippen molar-refractivity contribution in [2.24, 2.45) is 11.7 Å². The molecule has 0 spiro atoms. The molecule has 0 heterocycles. The Balaban J connectivity index is 2.22. The number of hydrogen-bond acceptors (Lipinski definition) is 2. The molecule has 2 rings (SSSR count). The molecule has 1 aromatic rings. The topological polar surface area (TPSA) is 29.3 Å². The minimum absolute atomic E-state index is 0.133. The molecule has 3 heteroatoms. The first-order valence-electron chi connectivity index (χ1n) is 6.91. The molecular weight excluding hydrogens is 227 g/mol. The molecule has 1 atom stereocenters. The molecule has 1 aliphatic rings. The van der Waals surface area contributed by atoms with E-state index < -0.39 is 0 Å². The van der Waals surface area contributed by atoms with Crippen molar-refractivity contribution in [2.45, 2.75) is 39.2 Å². The molecule has 0 aliphatic heterocycles. The number of hydrogen-bond donors (Lipinski definition) is 1. The van der Waals surface area contributed by atoms with Crippen LogP contribution in [-0.4, -0.2) is 13.1 Å². The van der Waals surface area contributed by atoms with Crippen LogP contribution >= 0.6 is 0 Å². The molecule has 100 valence electrons. The molecule has 18 heavy (non-hydrogen) atoms. The minimum atomic E-state index is -0.203. The van der Waals surface area contributed by atoms with Crippen molar-refractivity contribution in [3.05, 3.63) is 29.6 Å². The average molecular weight is 250 g/mol. The Kier molecular flexibility index (Phi) is 4.23. The second kappa shape index (κ2) is 5.70. The van der Waals surface area contributed by atoms with Gasteiger partial charge in [0.15, 0.2) is 0 Å². The van der Waals surface area contributed by atoms with Gasteiger partial charge in [-0.25, -0.2) is 4.39 Å². The zero-order valence-electron chi connectivity index (χ0n) is 11.3. The molecule has 2 nitrogen and oxygen atoms in total. The minimum Gasteiger partial charge on any atom is -0.371 e. The van der Waals surface area contributed by atoms with Crippen molar-refractivity contribution in [1.82, 2.24) is 0 Å². The molecule has 1 aliphatic carbocycles. The van der Waals surface area contributed by atoms with E-state index in [1.807, 2.05) is 13.0 Å². The van der Waals surface area contributed by atoms with Crippen LogP contribution < -0.4 is 10.6 Å². The van der Waals surface area contributed by atoms with Crippen LogP contribution in [0, 0.1) is 11.7 Å². The molecule has 1 saturated carbocycles. The molecule has 1 unspecified atom stereocenters. The first kappa shape index (κ1) is 13.3. The third-order valence-electron chi connectivity index (χ3n) is 3.91. The quantitative estimate of drug-likeness (QED) is 0.867. The molecule has 1 aromatic carbocycles. The van der Waals surface area contributed by atoms with Crippen molar-refractivity contribution in [3.8, 4) is 0 Å². The van der Waals surface area contributed by atoms with Crippen LogP contribution in [0.25, 0.3) is 0 Å². The Bertz CT molecular complexity index is 399. The highest BCUT2D eigenvalue weighted by Crippen LogP contribution is 2.31. The molecule has 1 fully saturated rings. The number of nitrogens with two attached hydrogens (primary N) is 1. The SMILES string of the molecule is CCN(CC1CCC1)c1ccc(F)cc1C(C)N. The van der Waals surface area contributed by atoms with Crippen LogP contribution in [0.15, 0.2) is 18.2 Å². The number of rotatable bonds is 5. The third kappa shape index (κ3) is 2.83. The fourth-order valence-electron chi connectivity index (χ4n) is 2.56. The summed E-state index contributed by atoms with van der Waals surface area (Å²) in [6.07, 6.45) is 4.00. The fourth-order valence-corrected chi connectivity index (χ4v) is 2.56. The van der Waals surface area contributed by atoms with E-state index in [4.69, 9.17) is 5.73 Å². The van der Waals surface area contributed by atoms with Crippen LogP contribution in [0.1, 0.15) is 44.7 Å². The van der Waals surface area contributed by atoms with Gasteiger partial charge in [0.25, 0.3) is 0 Å². The maximum absolute atomic E-state index is 13.3. The van der Waals surface area contributed by atoms with E-state index in [0.29, 0.717) is 0 Å². The Morgan fingerprint density at radius 1 is 1.44 bits per heavy atom. The summed E-state index contributed by atoms with van der Waals surface area (Å²) in [5.74, 6) is 0.599. The van der Waals surface area contributed by atoms with Crippen molar-refractivity contribution in [3.63, 3.8) is 0 Å². The van der Waals surface area contributed by atoms with E-state index in [1.54, 1.807) is 6.07 Å². The molecule has 0 bridgehead atoms. The molecule has 0 radical (unpaired) electrons. The third-order valence-corrected chi connectivity index (χ3v) is 3.91. The van der Waals surface area contributed by atoms with Crippen LogP contribution in [0.3, 0.4) is 0 Å². The summed E-state index contributed by atoms with van der Waals surface area (Å²) in [6, 6.07) is 4.84. The van der Waals surface area contributed by atoms with Gasteiger partial charge in [0.05, 0.1) is 0 Å². The van der Waals surface area contributed by atoms with Crippen LogP contribution in [0.4, 0.5) is 10.1 Å². The van der Waals surface area contributed by atoms with Gasteiger partial charge in [-0.05, 0) is 56.4 Å². The van der Waals surface area contributed by atoms with Gasteiger partial charge in [0.1, 0.15) is 5.82 Å². The Morgan fingerprint density at radius 2 is 2.17 bits per heavy atom. The summed E-state index contributed by atoms with van der Waals surface area (Å²) in [7, 11) is 0. The lowest BCUT2D eigenvalue weighted by Gasteiger charge is -2.34. The summed E-state index contributed by atoms with van der Waals surface area (Å²) < 4.78 is 13.3. The molecule has 0 saturated heterocycles. The number of anilines is 1. The highest BCUT2D eigenvalue weighted by molar-refractivity contribution is 5.55. The fraction of sp³-hybridized carbons (Fsp3) is 0.600. The van der Waals surface area contributed by atoms with Gasteiger partial charge in [-0.15, -0.1) is 0 Å². The van der Waals surface area contributed by atoms with E-state index >= 15 is 0 Å². The Morgan fingerprint density at radius 3 is 2.67 bits per heavy atom. The summed E-state index contributed by atoms with van der Waals surface area (Å²) in [5, 5.41) is 0. The molecule has 0 amide bonds. The predicted molar refractivity (Wildman–Crippen MR) is 74.2 cm³/mol.